The zero-order valence-electron chi connectivity index (χ0n) is 16.3. The second kappa shape index (κ2) is 8.26. The summed E-state index contributed by atoms with van der Waals surface area (Å²) in [5, 5.41) is 14.2. The van der Waals surface area contributed by atoms with Gasteiger partial charge in [-0.05, 0) is 49.6 Å². The number of nitrogens with one attached hydrogen (secondary N) is 2. The van der Waals surface area contributed by atoms with Crippen LogP contribution in [0.15, 0.2) is 54.6 Å². The van der Waals surface area contributed by atoms with E-state index in [9.17, 15) is 9.59 Å². The SMILES string of the molecule is CCNC(=O)c1ccc(-n2nnc(C(=O)NC3CC3)c2Cc2ccccc2)cc1. The fourth-order valence-corrected chi connectivity index (χ4v) is 3.13. The minimum Gasteiger partial charge on any atom is -0.352 e. The standard InChI is InChI=1S/C22H23N5O2/c1-2-23-21(28)16-8-12-18(13-9-16)27-19(14-15-6-4-3-5-7-15)20(25-26-27)22(29)24-17-10-11-17/h3-9,12-13,17H,2,10-11,14H2,1H3,(H,23,28)(H,24,29). The predicted octanol–water partition coefficient (Wildman–Crippen LogP) is 2.50. The lowest BCUT2D eigenvalue weighted by Crippen LogP contribution is -2.27. The Morgan fingerprint density at radius 2 is 1.76 bits per heavy atom. The van der Waals surface area contributed by atoms with E-state index in [-0.39, 0.29) is 17.9 Å². The third-order valence-corrected chi connectivity index (χ3v) is 4.82. The molecule has 1 saturated carbocycles. The highest BCUT2D eigenvalue weighted by Gasteiger charge is 2.28. The average molecular weight is 389 g/mol. The monoisotopic (exact) mass is 389 g/mol. The van der Waals surface area contributed by atoms with Crippen LogP contribution in [-0.4, -0.2) is 39.4 Å². The first-order valence-electron chi connectivity index (χ1n) is 9.83. The van der Waals surface area contributed by atoms with Crippen molar-refractivity contribution in [3.05, 3.63) is 77.1 Å². The summed E-state index contributed by atoms with van der Waals surface area (Å²) in [6, 6.07) is 17.3. The summed E-state index contributed by atoms with van der Waals surface area (Å²) in [4.78, 5) is 24.7. The normalized spacial score (nSPS) is 13.1. The molecule has 29 heavy (non-hydrogen) atoms. The van der Waals surface area contributed by atoms with Gasteiger partial charge in [0.2, 0.25) is 0 Å². The number of benzene rings is 2. The smallest absolute Gasteiger partial charge is 0.274 e. The third kappa shape index (κ3) is 4.34. The Labute approximate surface area is 169 Å². The molecule has 2 aromatic carbocycles. The summed E-state index contributed by atoms with van der Waals surface area (Å²) in [5.74, 6) is -0.310. The maximum absolute atomic E-state index is 12.7. The van der Waals surface area contributed by atoms with Crippen LogP contribution in [-0.2, 0) is 6.42 Å². The van der Waals surface area contributed by atoms with Crippen LogP contribution in [0, 0.1) is 0 Å². The molecule has 1 fully saturated rings. The fourth-order valence-electron chi connectivity index (χ4n) is 3.13. The van der Waals surface area contributed by atoms with Crippen LogP contribution < -0.4 is 10.6 Å². The lowest BCUT2D eigenvalue weighted by molar-refractivity contribution is 0.0940. The van der Waals surface area contributed by atoms with Crippen LogP contribution in [0.3, 0.4) is 0 Å². The number of nitrogens with zero attached hydrogens (tertiary/aromatic N) is 3. The molecule has 0 saturated heterocycles. The van der Waals surface area contributed by atoms with Crippen LogP contribution in [0.4, 0.5) is 0 Å². The molecular formula is C22H23N5O2. The maximum atomic E-state index is 12.7. The van der Waals surface area contributed by atoms with Gasteiger partial charge in [0.15, 0.2) is 5.69 Å². The summed E-state index contributed by atoms with van der Waals surface area (Å²) >= 11 is 0. The quantitative estimate of drug-likeness (QED) is 0.650. The van der Waals surface area contributed by atoms with E-state index in [1.54, 1.807) is 16.8 Å². The van der Waals surface area contributed by atoms with Gasteiger partial charge in [-0.1, -0.05) is 35.5 Å². The molecule has 0 spiro atoms. The summed E-state index contributed by atoms with van der Waals surface area (Å²) < 4.78 is 1.68. The van der Waals surface area contributed by atoms with Crippen molar-refractivity contribution in [1.29, 1.82) is 0 Å². The molecule has 0 bridgehead atoms. The molecule has 1 aliphatic carbocycles. The lowest BCUT2D eigenvalue weighted by Gasteiger charge is -2.10. The number of aromatic nitrogens is 3. The van der Waals surface area contributed by atoms with E-state index in [2.05, 4.69) is 20.9 Å². The van der Waals surface area contributed by atoms with E-state index in [1.165, 1.54) is 0 Å². The van der Waals surface area contributed by atoms with Gasteiger partial charge in [0, 0.05) is 24.6 Å². The molecule has 0 atom stereocenters. The van der Waals surface area contributed by atoms with Gasteiger partial charge in [-0.3, -0.25) is 9.59 Å². The molecule has 148 valence electrons. The Morgan fingerprint density at radius 1 is 1.03 bits per heavy atom. The van der Waals surface area contributed by atoms with Crippen molar-refractivity contribution in [3.63, 3.8) is 0 Å². The summed E-state index contributed by atoms with van der Waals surface area (Å²) in [6.07, 6.45) is 2.55. The molecule has 1 heterocycles. The number of hydrogen-bond donors (Lipinski definition) is 2. The Balaban J connectivity index is 1.67. The number of rotatable bonds is 7. The van der Waals surface area contributed by atoms with Gasteiger partial charge in [0.1, 0.15) is 0 Å². The number of carbonyl (C=O) groups is 2. The van der Waals surface area contributed by atoms with Crippen molar-refractivity contribution in [2.45, 2.75) is 32.2 Å². The lowest BCUT2D eigenvalue weighted by atomic mass is 10.1. The highest BCUT2D eigenvalue weighted by atomic mass is 16.2. The first kappa shape index (κ1) is 18.9. The average Bonchev–Trinajstić information content (AvgIpc) is 3.46. The number of amides is 2. The van der Waals surface area contributed by atoms with E-state index in [0.29, 0.717) is 24.2 Å². The van der Waals surface area contributed by atoms with Crippen LogP contribution in [0.5, 0.6) is 0 Å². The Bertz CT molecular complexity index is 1010. The van der Waals surface area contributed by atoms with Gasteiger partial charge in [0.05, 0.1) is 11.4 Å². The molecule has 2 amide bonds. The molecule has 3 aromatic rings. The second-order valence-electron chi connectivity index (χ2n) is 7.11. The Kier molecular flexibility index (Phi) is 5.37. The van der Waals surface area contributed by atoms with Crippen LogP contribution in [0.2, 0.25) is 0 Å². The van der Waals surface area contributed by atoms with Crippen LogP contribution in [0.25, 0.3) is 5.69 Å². The van der Waals surface area contributed by atoms with Gasteiger partial charge in [0.25, 0.3) is 11.8 Å². The van der Waals surface area contributed by atoms with E-state index in [4.69, 9.17) is 0 Å². The van der Waals surface area contributed by atoms with Crippen molar-refractivity contribution in [3.8, 4) is 5.69 Å². The van der Waals surface area contributed by atoms with Crippen molar-refractivity contribution in [1.82, 2.24) is 25.6 Å². The van der Waals surface area contributed by atoms with Crippen molar-refractivity contribution >= 4 is 11.8 Å². The summed E-state index contributed by atoms with van der Waals surface area (Å²) in [6.45, 7) is 2.45. The molecule has 1 aliphatic rings. The molecule has 7 nitrogen and oxygen atoms in total. The first-order chi connectivity index (χ1) is 14.2. The number of carbonyl (C=O) groups excluding carboxylic acids is 2. The summed E-state index contributed by atoms with van der Waals surface area (Å²) in [5.41, 5.74) is 3.46. The fraction of sp³-hybridized carbons (Fsp3) is 0.273. The van der Waals surface area contributed by atoms with Gasteiger partial charge >= 0.3 is 0 Å². The molecule has 0 unspecified atom stereocenters. The highest BCUT2D eigenvalue weighted by Crippen LogP contribution is 2.22. The zero-order chi connectivity index (χ0) is 20.2. The van der Waals surface area contributed by atoms with Crippen molar-refractivity contribution in [2.75, 3.05) is 6.54 Å². The molecular weight excluding hydrogens is 366 g/mol. The van der Waals surface area contributed by atoms with Gasteiger partial charge in [-0.2, -0.15) is 0 Å². The molecule has 0 radical (unpaired) electrons. The van der Waals surface area contributed by atoms with E-state index >= 15 is 0 Å². The molecule has 4 rings (SSSR count). The van der Waals surface area contributed by atoms with Gasteiger partial charge in [-0.25, -0.2) is 4.68 Å². The van der Waals surface area contributed by atoms with Crippen LogP contribution in [0.1, 0.15) is 51.9 Å². The van der Waals surface area contributed by atoms with Crippen LogP contribution >= 0.6 is 0 Å². The highest BCUT2D eigenvalue weighted by molar-refractivity contribution is 5.95. The molecule has 2 N–H and O–H groups in total. The minimum atomic E-state index is -0.191. The Hall–Kier alpha value is -3.48. The molecule has 1 aromatic heterocycles. The van der Waals surface area contributed by atoms with Gasteiger partial charge < -0.3 is 10.6 Å². The second-order valence-corrected chi connectivity index (χ2v) is 7.11. The topological polar surface area (TPSA) is 88.9 Å². The third-order valence-electron chi connectivity index (χ3n) is 4.82. The minimum absolute atomic E-state index is 0.119. The van der Waals surface area contributed by atoms with E-state index in [1.807, 2.05) is 49.4 Å². The summed E-state index contributed by atoms with van der Waals surface area (Å²) in [7, 11) is 0. The van der Waals surface area contributed by atoms with Crippen molar-refractivity contribution in [2.24, 2.45) is 0 Å². The van der Waals surface area contributed by atoms with Crippen molar-refractivity contribution < 1.29 is 9.59 Å². The largest absolute Gasteiger partial charge is 0.352 e. The Morgan fingerprint density at radius 3 is 2.41 bits per heavy atom. The number of hydrogen-bond acceptors (Lipinski definition) is 4. The van der Waals surface area contributed by atoms with E-state index in [0.717, 1.165) is 29.8 Å². The first-order valence-corrected chi connectivity index (χ1v) is 9.83. The zero-order valence-corrected chi connectivity index (χ0v) is 16.3. The predicted molar refractivity (Wildman–Crippen MR) is 109 cm³/mol. The van der Waals surface area contributed by atoms with E-state index < -0.39 is 0 Å². The van der Waals surface area contributed by atoms with Gasteiger partial charge in [-0.15, -0.1) is 5.10 Å². The molecule has 7 heteroatoms. The molecule has 0 aliphatic heterocycles. The maximum Gasteiger partial charge on any atom is 0.274 e.